The number of aromatic nitrogens is 1. The largest absolute Gasteiger partial charge is 1.00 e. The average Bonchev–Trinajstić information content (AvgIpc) is 2.05. The van der Waals surface area contributed by atoms with E-state index >= 15 is 0 Å². The number of nitrogen functional groups attached to an aromatic ring is 1. The maximum absolute atomic E-state index is 5.54. The minimum absolute atomic E-state index is 0. The first-order valence-corrected chi connectivity index (χ1v) is 3.06. The predicted molar refractivity (Wildman–Crippen MR) is 39.4 cm³/mol. The second-order valence-corrected chi connectivity index (χ2v) is 1.88. The van der Waals surface area contributed by atoms with Gasteiger partial charge in [0.25, 0.3) is 5.84 Å². The van der Waals surface area contributed by atoms with Crippen LogP contribution >= 0.6 is 0 Å². The van der Waals surface area contributed by atoms with Crippen LogP contribution in [0, 0.1) is 0 Å². The standard InChI is InChI=1S/C7H9N3.ClH/c1-9-7(8)6-4-2-3-5-10-6;/h2-5H,1H3,(H2,8,9);1H. The molecule has 0 aliphatic heterocycles. The summed E-state index contributed by atoms with van der Waals surface area (Å²) in [5, 5.41) is 0. The molecule has 1 heterocycles. The molecular weight excluding hydrogens is 162 g/mol. The summed E-state index contributed by atoms with van der Waals surface area (Å²) in [4.78, 5) is 6.84. The molecule has 0 saturated heterocycles. The van der Waals surface area contributed by atoms with Gasteiger partial charge >= 0.3 is 0 Å². The van der Waals surface area contributed by atoms with Gasteiger partial charge in [-0.2, -0.15) is 0 Å². The molecule has 3 nitrogen and oxygen atoms in total. The zero-order chi connectivity index (χ0) is 7.40. The Kier molecular flexibility index (Phi) is 4.22. The number of halogens is 1. The fourth-order valence-corrected chi connectivity index (χ4v) is 0.650. The maximum atomic E-state index is 5.54. The molecule has 4 heteroatoms. The highest BCUT2D eigenvalue weighted by Crippen LogP contribution is 1.87. The predicted octanol–water partition coefficient (Wildman–Crippen LogP) is -4.50. The summed E-state index contributed by atoms with van der Waals surface area (Å²) in [5.41, 5.74) is 6.32. The molecule has 1 aromatic rings. The molecule has 3 N–H and O–H groups in total. The summed E-state index contributed by atoms with van der Waals surface area (Å²) >= 11 is 0. The second-order valence-electron chi connectivity index (χ2n) is 1.88. The Hall–Kier alpha value is -1.09. The Morgan fingerprint density at radius 1 is 1.55 bits per heavy atom. The van der Waals surface area contributed by atoms with Crippen LogP contribution in [0.1, 0.15) is 5.69 Å². The molecule has 0 atom stereocenters. The van der Waals surface area contributed by atoms with Crippen molar-refractivity contribution in [3.8, 4) is 0 Å². The van der Waals surface area contributed by atoms with Gasteiger partial charge in [-0.3, -0.25) is 10.7 Å². The first-order chi connectivity index (χ1) is 4.84. The molecule has 11 heavy (non-hydrogen) atoms. The minimum Gasteiger partial charge on any atom is -1.00 e. The third-order valence-corrected chi connectivity index (χ3v) is 1.21. The van der Waals surface area contributed by atoms with E-state index in [2.05, 4.69) is 9.98 Å². The molecule has 0 aromatic carbocycles. The fourth-order valence-electron chi connectivity index (χ4n) is 0.650. The summed E-state index contributed by atoms with van der Waals surface area (Å²) in [7, 11) is 1.77. The minimum atomic E-state index is 0. The molecule has 60 valence electrons. The van der Waals surface area contributed by atoms with E-state index in [0.29, 0.717) is 5.84 Å². The third-order valence-electron chi connectivity index (χ3n) is 1.21. The van der Waals surface area contributed by atoms with E-state index in [-0.39, 0.29) is 12.4 Å². The lowest BCUT2D eigenvalue weighted by Gasteiger charge is -1.89. The van der Waals surface area contributed by atoms with E-state index in [1.54, 1.807) is 13.2 Å². The third kappa shape index (κ3) is 2.55. The van der Waals surface area contributed by atoms with Crippen molar-refractivity contribution in [2.24, 2.45) is 5.73 Å². The van der Waals surface area contributed by atoms with Gasteiger partial charge < -0.3 is 12.4 Å². The van der Waals surface area contributed by atoms with Crippen LogP contribution in [0.4, 0.5) is 0 Å². The van der Waals surface area contributed by atoms with E-state index in [1.807, 2.05) is 18.2 Å². The molecule has 1 aromatic heterocycles. The number of hydrogen-bond donors (Lipinski definition) is 2. The molecule has 0 spiro atoms. The number of nitrogens with two attached hydrogens (primary N) is 1. The number of hydrogen-bond acceptors (Lipinski definition) is 1. The normalized spacial score (nSPS) is 10.5. The Labute approximate surface area is 71.8 Å². The molecule has 0 bridgehead atoms. The molecular formula is C7H10ClN3. The zero-order valence-electron chi connectivity index (χ0n) is 6.21. The van der Waals surface area contributed by atoms with Crippen molar-refractivity contribution in [3.05, 3.63) is 30.1 Å². The van der Waals surface area contributed by atoms with Crippen molar-refractivity contribution in [3.63, 3.8) is 0 Å². The van der Waals surface area contributed by atoms with Gasteiger partial charge in [0.05, 0.1) is 7.05 Å². The lowest BCUT2D eigenvalue weighted by Crippen LogP contribution is -3.00. The van der Waals surface area contributed by atoms with Gasteiger partial charge in [0.2, 0.25) is 0 Å². The second kappa shape index (κ2) is 4.68. The van der Waals surface area contributed by atoms with Crippen molar-refractivity contribution in [2.45, 2.75) is 0 Å². The van der Waals surface area contributed by atoms with E-state index in [1.165, 1.54) is 0 Å². The average molecular weight is 172 g/mol. The van der Waals surface area contributed by atoms with E-state index in [9.17, 15) is 0 Å². The van der Waals surface area contributed by atoms with E-state index in [0.717, 1.165) is 5.69 Å². The van der Waals surface area contributed by atoms with Crippen LogP contribution in [0.3, 0.4) is 0 Å². The van der Waals surface area contributed by atoms with Gasteiger partial charge in [0, 0.05) is 6.20 Å². The van der Waals surface area contributed by atoms with Gasteiger partial charge in [-0.05, 0) is 12.1 Å². The number of rotatable bonds is 1. The molecule has 0 radical (unpaired) electrons. The topological polar surface area (TPSA) is 52.9 Å². The van der Waals surface area contributed by atoms with Gasteiger partial charge in [0.1, 0.15) is 0 Å². The molecule has 0 fully saturated rings. The Morgan fingerprint density at radius 2 is 2.27 bits per heavy atom. The Balaban J connectivity index is 0.000001000. The summed E-state index contributed by atoms with van der Waals surface area (Å²) in [5.74, 6) is 0.598. The zero-order valence-corrected chi connectivity index (χ0v) is 6.97. The maximum Gasteiger partial charge on any atom is 0.291 e. The first kappa shape index (κ1) is 9.91. The number of amidine groups is 1. The van der Waals surface area contributed by atoms with Crippen molar-refractivity contribution < 1.29 is 17.4 Å². The van der Waals surface area contributed by atoms with Crippen LogP contribution in [0.15, 0.2) is 24.4 Å². The van der Waals surface area contributed by atoms with Crippen LogP contribution in [0.25, 0.3) is 0 Å². The van der Waals surface area contributed by atoms with Crippen LogP contribution < -0.4 is 23.1 Å². The summed E-state index contributed by atoms with van der Waals surface area (Å²) < 4.78 is 0. The first-order valence-electron chi connectivity index (χ1n) is 3.06. The highest BCUT2D eigenvalue weighted by atomic mass is 35.5. The quantitative estimate of drug-likeness (QED) is 0.331. The van der Waals surface area contributed by atoms with Crippen molar-refractivity contribution in [1.82, 2.24) is 4.98 Å². The van der Waals surface area contributed by atoms with Crippen molar-refractivity contribution in [2.75, 3.05) is 7.05 Å². The summed E-state index contributed by atoms with van der Waals surface area (Å²) in [6.45, 7) is 0. The molecule has 0 unspecified atom stereocenters. The lowest BCUT2D eigenvalue weighted by molar-refractivity contribution is -0.420. The van der Waals surface area contributed by atoms with Crippen LogP contribution in [-0.4, -0.2) is 17.9 Å². The monoisotopic (exact) mass is 171 g/mol. The van der Waals surface area contributed by atoms with Crippen molar-refractivity contribution >= 4 is 5.84 Å². The highest BCUT2D eigenvalue weighted by molar-refractivity contribution is 5.90. The van der Waals surface area contributed by atoms with E-state index < -0.39 is 0 Å². The summed E-state index contributed by atoms with van der Waals surface area (Å²) in [6, 6.07) is 5.60. The van der Waals surface area contributed by atoms with Crippen molar-refractivity contribution in [1.29, 1.82) is 0 Å². The Morgan fingerprint density at radius 3 is 2.73 bits per heavy atom. The Bertz CT molecular complexity index is 233. The molecule has 0 aliphatic rings. The summed E-state index contributed by atoms with van der Waals surface area (Å²) in [6.07, 6.45) is 1.71. The number of pyridine rings is 1. The van der Waals surface area contributed by atoms with Gasteiger partial charge in [0.15, 0.2) is 5.69 Å². The smallest absolute Gasteiger partial charge is 0.291 e. The van der Waals surface area contributed by atoms with Gasteiger partial charge in [-0.15, -0.1) is 0 Å². The lowest BCUT2D eigenvalue weighted by atomic mass is 10.3. The number of nitrogens with one attached hydrogen (secondary N) is 1. The molecule has 1 rings (SSSR count). The van der Waals surface area contributed by atoms with Crippen LogP contribution in [0.2, 0.25) is 0 Å². The molecule has 0 amide bonds. The van der Waals surface area contributed by atoms with Gasteiger partial charge in [-0.1, -0.05) is 6.07 Å². The van der Waals surface area contributed by atoms with Gasteiger partial charge in [-0.25, -0.2) is 4.98 Å². The highest BCUT2D eigenvalue weighted by Gasteiger charge is 2.00. The molecule has 0 saturated carbocycles. The SMILES string of the molecule is C[NH+]=C(N)c1ccccn1.[Cl-]. The van der Waals surface area contributed by atoms with E-state index in [4.69, 9.17) is 5.73 Å². The van der Waals surface area contributed by atoms with Crippen LogP contribution in [0.5, 0.6) is 0 Å². The number of nitrogens with zero attached hydrogens (tertiary/aromatic N) is 1. The molecule has 0 aliphatic carbocycles. The fraction of sp³-hybridized carbons (Fsp3) is 0.143. The van der Waals surface area contributed by atoms with Crippen LogP contribution in [-0.2, 0) is 0 Å².